The number of para-hydroxylation sites is 2. The van der Waals surface area contributed by atoms with E-state index in [1.165, 1.54) is 28.2 Å². The van der Waals surface area contributed by atoms with Crippen molar-refractivity contribution in [3.05, 3.63) is 48.5 Å². The van der Waals surface area contributed by atoms with Crippen LogP contribution < -0.4 is 5.32 Å². The van der Waals surface area contributed by atoms with E-state index in [0.29, 0.717) is 50.1 Å². The number of aromatic nitrogens is 2. The lowest BCUT2D eigenvalue weighted by molar-refractivity contribution is -0.115. The Labute approximate surface area is 202 Å². The van der Waals surface area contributed by atoms with Crippen LogP contribution >= 0.6 is 11.8 Å². The van der Waals surface area contributed by atoms with Gasteiger partial charge in [0.05, 0.1) is 46.9 Å². The third-order valence-electron chi connectivity index (χ3n) is 5.45. The molecular weight excluding hydrogens is 474 g/mol. The molecule has 0 bridgehead atoms. The molecule has 1 N–H and O–H groups in total. The van der Waals surface area contributed by atoms with Gasteiger partial charge in [-0.2, -0.15) is 9.57 Å². The van der Waals surface area contributed by atoms with Gasteiger partial charge in [0.25, 0.3) is 0 Å². The second kappa shape index (κ2) is 10.6. The van der Waals surface area contributed by atoms with Gasteiger partial charge in [-0.3, -0.25) is 4.79 Å². The number of anilines is 1. The summed E-state index contributed by atoms with van der Waals surface area (Å²) in [5, 5.41) is 12.1. The van der Waals surface area contributed by atoms with Crippen LogP contribution in [0.3, 0.4) is 0 Å². The first-order chi connectivity index (χ1) is 16.4. The zero-order valence-electron chi connectivity index (χ0n) is 18.7. The standard InChI is InChI=1S/C23H25N5O4S2/c1-17(33-23-26-20-5-2-3-6-21(20)28(23)12-4-11-24)22(29)25-18-7-9-19(10-8-18)34(30,31)27-13-15-32-16-14-27/h2-3,5-10,17H,4,12-16H2,1H3,(H,25,29)/t17-/m1/s1. The quantitative estimate of drug-likeness (QED) is 0.473. The Balaban J connectivity index is 1.44. The topological polar surface area (TPSA) is 117 Å². The van der Waals surface area contributed by atoms with E-state index in [4.69, 9.17) is 10.00 Å². The highest BCUT2D eigenvalue weighted by molar-refractivity contribution is 8.00. The van der Waals surface area contributed by atoms with Crippen molar-refractivity contribution in [2.45, 2.75) is 35.2 Å². The molecule has 1 aliphatic heterocycles. The molecule has 1 atom stereocenters. The Morgan fingerprint density at radius 2 is 1.91 bits per heavy atom. The third kappa shape index (κ3) is 5.26. The van der Waals surface area contributed by atoms with E-state index in [0.717, 1.165) is 11.0 Å². The van der Waals surface area contributed by atoms with Gasteiger partial charge in [0.2, 0.25) is 15.9 Å². The van der Waals surface area contributed by atoms with E-state index in [-0.39, 0.29) is 10.8 Å². The molecule has 1 fully saturated rings. The van der Waals surface area contributed by atoms with Crippen LogP contribution in [0.5, 0.6) is 0 Å². The van der Waals surface area contributed by atoms with Crippen molar-refractivity contribution in [3.8, 4) is 6.07 Å². The second-order valence-electron chi connectivity index (χ2n) is 7.73. The molecule has 178 valence electrons. The fraction of sp³-hybridized carbons (Fsp3) is 0.348. The summed E-state index contributed by atoms with van der Waals surface area (Å²) >= 11 is 1.32. The first-order valence-electron chi connectivity index (χ1n) is 10.9. The van der Waals surface area contributed by atoms with E-state index >= 15 is 0 Å². The van der Waals surface area contributed by atoms with Gasteiger partial charge in [0, 0.05) is 25.3 Å². The van der Waals surface area contributed by atoms with E-state index in [9.17, 15) is 13.2 Å². The highest BCUT2D eigenvalue weighted by Crippen LogP contribution is 2.28. The Morgan fingerprint density at radius 3 is 2.62 bits per heavy atom. The predicted molar refractivity (Wildman–Crippen MR) is 130 cm³/mol. The molecule has 3 aromatic rings. The molecule has 2 heterocycles. The fourth-order valence-electron chi connectivity index (χ4n) is 3.62. The maximum Gasteiger partial charge on any atom is 0.243 e. The number of morpholine rings is 1. The van der Waals surface area contributed by atoms with Crippen molar-refractivity contribution >= 4 is 44.4 Å². The number of ether oxygens (including phenoxy) is 1. The van der Waals surface area contributed by atoms with Gasteiger partial charge in [-0.25, -0.2) is 13.4 Å². The Morgan fingerprint density at radius 1 is 1.21 bits per heavy atom. The van der Waals surface area contributed by atoms with Crippen LogP contribution in [0, 0.1) is 11.3 Å². The normalized spacial score (nSPS) is 15.6. The molecule has 1 aromatic heterocycles. The summed E-state index contributed by atoms with van der Waals surface area (Å²) in [5.74, 6) is -0.229. The average molecular weight is 500 g/mol. The minimum absolute atomic E-state index is 0.182. The van der Waals surface area contributed by atoms with Crippen molar-refractivity contribution in [1.82, 2.24) is 13.9 Å². The number of amides is 1. The first-order valence-corrected chi connectivity index (χ1v) is 13.2. The largest absolute Gasteiger partial charge is 0.379 e. The summed E-state index contributed by atoms with van der Waals surface area (Å²) in [4.78, 5) is 17.6. The number of hydrogen-bond donors (Lipinski definition) is 1. The lowest BCUT2D eigenvalue weighted by Crippen LogP contribution is -2.40. The maximum atomic E-state index is 12.8. The summed E-state index contributed by atoms with van der Waals surface area (Å²) in [6, 6.07) is 16.0. The molecule has 2 aromatic carbocycles. The molecular formula is C23H25N5O4S2. The average Bonchev–Trinajstić information content (AvgIpc) is 3.20. The summed E-state index contributed by atoms with van der Waals surface area (Å²) in [6.07, 6.45) is 0.341. The lowest BCUT2D eigenvalue weighted by atomic mass is 10.3. The number of imidazole rings is 1. The molecule has 1 saturated heterocycles. The van der Waals surface area contributed by atoms with Gasteiger partial charge in [-0.1, -0.05) is 23.9 Å². The van der Waals surface area contributed by atoms with Crippen molar-refractivity contribution in [1.29, 1.82) is 5.26 Å². The number of nitrogens with zero attached hydrogens (tertiary/aromatic N) is 4. The smallest absolute Gasteiger partial charge is 0.243 e. The summed E-state index contributed by atoms with van der Waals surface area (Å²) in [7, 11) is -3.59. The summed E-state index contributed by atoms with van der Waals surface area (Å²) < 4.78 is 34.1. The number of rotatable bonds is 8. The van der Waals surface area contributed by atoms with Gasteiger partial charge >= 0.3 is 0 Å². The fourth-order valence-corrected chi connectivity index (χ4v) is 5.98. The number of aryl methyl sites for hydroxylation is 1. The minimum atomic E-state index is -3.59. The van der Waals surface area contributed by atoms with E-state index in [1.807, 2.05) is 28.8 Å². The molecule has 0 aliphatic carbocycles. The number of hydrogen-bond acceptors (Lipinski definition) is 7. The Kier molecular flexibility index (Phi) is 7.53. The number of carbonyl (C=O) groups excluding carboxylic acids is 1. The SMILES string of the molecule is C[C@@H](Sc1nc2ccccc2n1CCC#N)C(=O)Nc1ccc(S(=O)(=O)N2CCOCC2)cc1. The van der Waals surface area contributed by atoms with Crippen LogP contribution in [0.1, 0.15) is 13.3 Å². The van der Waals surface area contributed by atoms with Crippen LogP contribution in [0.25, 0.3) is 11.0 Å². The molecule has 1 aliphatic rings. The second-order valence-corrected chi connectivity index (χ2v) is 11.0. The molecule has 34 heavy (non-hydrogen) atoms. The van der Waals surface area contributed by atoms with Crippen molar-refractivity contribution in [3.63, 3.8) is 0 Å². The zero-order valence-corrected chi connectivity index (χ0v) is 20.3. The number of carbonyl (C=O) groups is 1. The van der Waals surface area contributed by atoms with Crippen molar-refractivity contribution < 1.29 is 17.9 Å². The van der Waals surface area contributed by atoms with Crippen LogP contribution in [-0.4, -0.2) is 59.7 Å². The predicted octanol–water partition coefficient (Wildman–Crippen LogP) is 3.09. The van der Waals surface area contributed by atoms with Gasteiger partial charge < -0.3 is 14.6 Å². The third-order valence-corrected chi connectivity index (χ3v) is 8.45. The molecule has 0 spiro atoms. The van der Waals surface area contributed by atoms with Crippen molar-refractivity contribution in [2.75, 3.05) is 31.6 Å². The van der Waals surface area contributed by atoms with Crippen LogP contribution in [0.4, 0.5) is 5.69 Å². The highest BCUT2D eigenvalue weighted by Gasteiger charge is 2.26. The molecule has 0 radical (unpaired) electrons. The van der Waals surface area contributed by atoms with Crippen LogP contribution in [0.15, 0.2) is 58.6 Å². The van der Waals surface area contributed by atoms with Gasteiger partial charge in [0.1, 0.15) is 0 Å². The molecule has 11 heteroatoms. The summed E-state index contributed by atoms with van der Waals surface area (Å²) in [6.45, 7) is 3.70. The Hall–Kier alpha value is -2.91. The lowest BCUT2D eigenvalue weighted by Gasteiger charge is -2.26. The van der Waals surface area contributed by atoms with E-state index < -0.39 is 15.3 Å². The molecule has 1 amide bonds. The van der Waals surface area contributed by atoms with Gasteiger partial charge in [-0.05, 0) is 43.3 Å². The first kappa shape index (κ1) is 24.2. The van der Waals surface area contributed by atoms with E-state index in [1.54, 1.807) is 19.1 Å². The number of fused-ring (bicyclic) bond motifs is 1. The van der Waals surface area contributed by atoms with Crippen LogP contribution in [0.2, 0.25) is 0 Å². The number of nitrogens with one attached hydrogen (secondary N) is 1. The highest BCUT2D eigenvalue weighted by atomic mass is 32.2. The zero-order chi connectivity index (χ0) is 24.1. The molecule has 4 rings (SSSR count). The van der Waals surface area contributed by atoms with Gasteiger partial charge in [0.15, 0.2) is 5.16 Å². The monoisotopic (exact) mass is 499 g/mol. The van der Waals surface area contributed by atoms with Gasteiger partial charge in [-0.15, -0.1) is 0 Å². The summed E-state index contributed by atoms with van der Waals surface area (Å²) in [5.41, 5.74) is 2.24. The Bertz CT molecular complexity index is 1310. The van der Waals surface area contributed by atoms with Crippen molar-refractivity contribution in [2.24, 2.45) is 0 Å². The number of sulfonamides is 1. The number of thioether (sulfide) groups is 1. The molecule has 0 unspecified atom stereocenters. The number of benzene rings is 2. The maximum absolute atomic E-state index is 12.8. The molecule has 0 saturated carbocycles. The number of nitriles is 1. The minimum Gasteiger partial charge on any atom is -0.379 e. The molecule has 9 nitrogen and oxygen atoms in total. The van der Waals surface area contributed by atoms with Crippen LogP contribution in [-0.2, 0) is 26.1 Å². The van der Waals surface area contributed by atoms with E-state index in [2.05, 4.69) is 16.4 Å².